The molecule has 0 N–H and O–H groups in total. The maximum absolute atomic E-state index is 13.8. The van der Waals surface area contributed by atoms with Crippen LogP contribution in [-0.4, -0.2) is 60.8 Å². The van der Waals surface area contributed by atoms with E-state index in [9.17, 15) is 53.3 Å². The fourth-order valence-corrected chi connectivity index (χ4v) is 3.13. The van der Waals surface area contributed by atoms with Crippen molar-refractivity contribution in [3.05, 3.63) is 12.2 Å². The summed E-state index contributed by atoms with van der Waals surface area (Å²) in [6.07, 6.45) is -7.54. The molecule has 1 aliphatic rings. The van der Waals surface area contributed by atoms with Crippen molar-refractivity contribution >= 4 is 22.1 Å². The van der Waals surface area contributed by atoms with E-state index >= 15 is 0 Å². The van der Waals surface area contributed by atoms with Gasteiger partial charge in [0, 0.05) is 12.0 Å². The van der Waals surface area contributed by atoms with Crippen LogP contribution in [-0.2, 0) is 33.9 Å². The summed E-state index contributed by atoms with van der Waals surface area (Å²) in [5.74, 6) is -14.6. The molecule has 16 heteroatoms. The Hall–Kier alpha value is -1.94. The second kappa shape index (κ2) is 10.1. The molecule has 1 unspecified atom stereocenters. The van der Waals surface area contributed by atoms with Gasteiger partial charge in [0.2, 0.25) is 0 Å². The van der Waals surface area contributed by atoms with Crippen molar-refractivity contribution in [3.63, 3.8) is 0 Å². The Morgan fingerprint density at radius 1 is 1.03 bits per heavy atom. The van der Waals surface area contributed by atoms with Crippen molar-refractivity contribution in [3.8, 4) is 0 Å². The van der Waals surface area contributed by atoms with E-state index in [1.54, 1.807) is 0 Å². The molecule has 0 spiro atoms. The molecule has 0 saturated heterocycles. The van der Waals surface area contributed by atoms with Gasteiger partial charge in [-0.15, -0.1) is 0 Å². The van der Waals surface area contributed by atoms with Gasteiger partial charge in [0.25, 0.3) is 0 Å². The molecule has 33 heavy (non-hydrogen) atoms. The van der Waals surface area contributed by atoms with Gasteiger partial charge in [0.05, 0.1) is 6.61 Å². The lowest BCUT2D eigenvalue weighted by molar-refractivity contribution is -0.358. The molecule has 0 aromatic rings. The zero-order valence-corrected chi connectivity index (χ0v) is 17.9. The molecule has 1 aliphatic carbocycles. The molecule has 0 bridgehead atoms. The van der Waals surface area contributed by atoms with Crippen LogP contribution < -0.4 is 0 Å². The highest BCUT2D eigenvalue weighted by molar-refractivity contribution is 7.86. The second-order valence-electron chi connectivity index (χ2n) is 7.22. The lowest BCUT2D eigenvalue weighted by Gasteiger charge is -2.35. The molecule has 0 heterocycles. The SMILES string of the molecule is C=C(C)C(=O)OC(OCCC(F)(F)C(F)(F)S(=O)(=O)[O-])(C(=O)OC1CCCCC1)C(F)(F)F. The summed E-state index contributed by atoms with van der Waals surface area (Å²) >= 11 is 0. The van der Waals surface area contributed by atoms with Crippen LogP contribution in [0.2, 0.25) is 0 Å². The van der Waals surface area contributed by atoms with Gasteiger partial charge in [-0.1, -0.05) is 13.0 Å². The molecular formula is C17H20F7O8S-. The van der Waals surface area contributed by atoms with E-state index in [0.29, 0.717) is 19.3 Å². The first-order valence-corrected chi connectivity index (χ1v) is 10.7. The van der Waals surface area contributed by atoms with Crippen molar-refractivity contribution in [2.24, 2.45) is 0 Å². The fraction of sp³-hybridized carbons (Fsp3) is 0.765. The van der Waals surface area contributed by atoms with Crippen molar-refractivity contribution in [1.29, 1.82) is 0 Å². The highest BCUT2D eigenvalue weighted by atomic mass is 32.2. The molecule has 1 saturated carbocycles. The first kappa shape index (κ1) is 29.1. The molecule has 1 atom stereocenters. The Morgan fingerprint density at radius 3 is 1.97 bits per heavy atom. The van der Waals surface area contributed by atoms with Gasteiger partial charge in [-0.3, -0.25) is 0 Å². The van der Waals surface area contributed by atoms with Crippen molar-refractivity contribution in [1.82, 2.24) is 0 Å². The zero-order chi connectivity index (χ0) is 25.9. The molecule has 0 amide bonds. The second-order valence-corrected chi connectivity index (χ2v) is 8.64. The maximum Gasteiger partial charge on any atom is 0.468 e. The van der Waals surface area contributed by atoms with Gasteiger partial charge >= 0.3 is 35.1 Å². The summed E-state index contributed by atoms with van der Waals surface area (Å²) < 4.78 is 139. The van der Waals surface area contributed by atoms with Crippen LogP contribution >= 0.6 is 0 Å². The third kappa shape index (κ3) is 6.56. The molecule has 192 valence electrons. The van der Waals surface area contributed by atoms with E-state index in [0.717, 1.165) is 6.92 Å². The Kier molecular flexibility index (Phi) is 8.93. The van der Waals surface area contributed by atoms with Crippen molar-refractivity contribution in [2.45, 2.75) is 74.7 Å². The predicted molar refractivity (Wildman–Crippen MR) is 92.8 cm³/mol. The Labute approximate surface area is 183 Å². The number of hydrogen-bond acceptors (Lipinski definition) is 8. The van der Waals surface area contributed by atoms with Crippen LogP contribution in [0, 0.1) is 0 Å². The largest absolute Gasteiger partial charge is 0.743 e. The van der Waals surface area contributed by atoms with E-state index in [1.165, 1.54) is 0 Å². The Morgan fingerprint density at radius 2 is 1.55 bits per heavy atom. The van der Waals surface area contributed by atoms with Gasteiger partial charge in [-0.05, 0) is 32.6 Å². The molecular weight excluding hydrogens is 497 g/mol. The zero-order valence-electron chi connectivity index (χ0n) is 17.1. The lowest BCUT2D eigenvalue weighted by Crippen LogP contribution is -2.59. The molecule has 0 radical (unpaired) electrons. The third-order valence-corrected chi connectivity index (χ3v) is 5.44. The fourth-order valence-electron chi connectivity index (χ4n) is 2.67. The van der Waals surface area contributed by atoms with Gasteiger partial charge in [-0.2, -0.15) is 30.7 Å². The molecule has 1 fully saturated rings. The normalized spacial score (nSPS) is 18.3. The Bertz CT molecular complexity index is 850. The summed E-state index contributed by atoms with van der Waals surface area (Å²) in [5.41, 5.74) is -0.674. The number of hydrogen-bond donors (Lipinski definition) is 0. The summed E-state index contributed by atoms with van der Waals surface area (Å²) in [7, 11) is -6.92. The van der Waals surface area contributed by atoms with Crippen molar-refractivity contribution < 1.29 is 67.5 Å². The number of halogens is 7. The molecule has 0 aliphatic heterocycles. The topological polar surface area (TPSA) is 119 Å². The van der Waals surface area contributed by atoms with Crippen LogP contribution in [0.3, 0.4) is 0 Å². The minimum Gasteiger partial charge on any atom is -0.743 e. The smallest absolute Gasteiger partial charge is 0.468 e. The first-order chi connectivity index (χ1) is 14.8. The highest BCUT2D eigenvalue weighted by Gasteiger charge is 2.69. The first-order valence-electron chi connectivity index (χ1n) is 9.30. The number of esters is 2. The van der Waals surface area contributed by atoms with Gasteiger partial charge in [-0.25, -0.2) is 18.0 Å². The summed E-state index contributed by atoms with van der Waals surface area (Å²) in [4.78, 5) is 24.1. The molecule has 0 aromatic carbocycles. The van der Waals surface area contributed by atoms with Crippen molar-refractivity contribution in [2.75, 3.05) is 6.61 Å². The van der Waals surface area contributed by atoms with Crippen LogP contribution in [0.4, 0.5) is 30.7 Å². The quantitative estimate of drug-likeness (QED) is 0.142. The average Bonchev–Trinajstić information content (AvgIpc) is 2.65. The molecule has 1 rings (SSSR count). The highest BCUT2D eigenvalue weighted by Crippen LogP contribution is 2.42. The van der Waals surface area contributed by atoms with E-state index in [4.69, 9.17) is 4.74 Å². The number of ether oxygens (including phenoxy) is 3. The van der Waals surface area contributed by atoms with E-state index < -0.39 is 69.9 Å². The van der Waals surface area contributed by atoms with Crippen LogP contribution in [0.25, 0.3) is 0 Å². The van der Waals surface area contributed by atoms with Gasteiger partial charge < -0.3 is 18.8 Å². The number of alkyl halides is 7. The Balaban J connectivity index is 3.26. The minimum absolute atomic E-state index is 0.139. The lowest BCUT2D eigenvalue weighted by atomic mass is 9.98. The number of rotatable bonds is 10. The standard InChI is InChI=1S/C17H21F7O8S/c1-10(2)12(25)32-15(16(20,21)22,13(26)31-11-6-4-3-5-7-11)30-9-8-14(18,19)17(23,24)33(27,28)29/h11H,1,3-9H2,2H3,(H,27,28,29)/p-1. The number of carbonyl (C=O) groups is 2. The average molecular weight is 517 g/mol. The summed E-state index contributed by atoms with van der Waals surface area (Å²) in [5, 5.41) is -6.21. The minimum atomic E-state index is -6.92. The summed E-state index contributed by atoms with van der Waals surface area (Å²) in [6, 6.07) is 0. The predicted octanol–water partition coefficient (Wildman–Crippen LogP) is 3.42. The molecule has 8 nitrogen and oxygen atoms in total. The van der Waals surface area contributed by atoms with Crippen LogP contribution in [0.5, 0.6) is 0 Å². The molecule has 0 aromatic heterocycles. The van der Waals surface area contributed by atoms with Crippen LogP contribution in [0.1, 0.15) is 45.4 Å². The van der Waals surface area contributed by atoms with Gasteiger partial charge in [0.1, 0.15) is 6.10 Å². The maximum atomic E-state index is 13.8. The summed E-state index contributed by atoms with van der Waals surface area (Å²) in [6.45, 7) is 1.79. The third-order valence-electron chi connectivity index (χ3n) is 4.51. The monoisotopic (exact) mass is 517 g/mol. The van der Waals surface area contributed by atoms with Gasteiger partial charge in [0.15, 0.2) is 10.1 Å². The van der Waals surface area contributed by atoms with E-state index in [1.807, 2.05) is 0 Å². The number of carbonyl (C=O) groups excluding carboxylic acids is 2. The van der Waals surface area contributed by atoms with E-state index in [-0.39, 0.29) is 12.8 Å². The van der Waals surface area contributed by atoms with Crippen LogP contribution in [0.15, 0.2) is 12.2 Å². The van der Waals surface area contributed by atoms with E-state index in [2.05, 4.69) is 16.1 Å².